The van der Waals surface area contributed by atoms with Gasteiger partial charge in [0.2, 0.25) is 5.91 Å². The molecule has 0 saturated heterocycles. The summed E-state index contributed by atoms with van der Waals surface area (Å²) in [4.78, 5) is 16.7. The smallest absolute Gasteiger partial charge is 0.236 e. The zero-order valence-electron chi connectivity index (χ0n) is 10.7. The van der Waals surface area contributed by atoms with Crippen LogP contribution in [-0.4, -0.2) is 23.6 Å². The summed E-state index contributed by atoms with van der Waals surface area (Å²) in [5, 5.41) is 2.91. The van der Waals surface area contributed by atoms with Gasteiger partial charge in [0.15, 0.2) is 0 Å². The van der Waals surface area contributed by atoms with E-state index < -0.39 is 0 Å². The number of carbonyl (C=O) groups excluding carboxylic acids is 1. The third-order valence-corrected chi connectivity index (χ3v) is 1.97. The number of hydroxylamine groups is 1. The Bertz CT molecular complexity index is 207. The molecule has 0 rings (SSSR count). The van der Waals surface area contributed by atoms with Crippen LogP contribution in [0.25, 0.3) is 0 Å². The van der Waals surface area contributed by atoms with Gasteiger partial charge in [-0.3, -0.25) is 9.63 Å². The van der Waals surface area contributed by atoms with Crippen molar-refractivity contribution in [3.05, 3.63) is 0 Å². The molecule has 0 radical (unpaired) electrons. The zero-order valence-corrected chi connectivity index (χ0v) is 10.7. The second-order valence-electron chi connectivity index (χ2n) is 5.32. The third kappa shape index (κ3) is 8.39. The van der Waals surface area contributed by atoms with Crippen molar-refractivity contribution < 1.29 is 9.63 Å². The van der Waals surface area contributed by atoms with E-state index in [1.54, 1.807) is 0 Å². The molecule has 0 aromatic rings. The second-order valence-corrected chi connectivity index (χ2v) is 5.32. The summed E-state index contributed by atoms with van der Waals surface area (Å²) in [5.74, 6) is -0.0499. The van der Waals surface area contributed by atoms with E-state index in [1.807, 2.05) is 41.5 Å². The average molecular weight is 216 g/mol. The van der Waals surface area contributed by atoms with E-state index in [4.69, 9.17) is 4.84 Å². The van der Waals surface area contributed by atoms with Gasteiger partial charge >= 0.3 is 0 Å². The summed E-state index contributed by atoms with van der Waals surface area (Å²) in [7, 11) is 0. The van der Waals surface area contributed by atoms with Crippen LogP contribution >= 0.6 is 0 Å². The normalized spacial score (nSPS) is 12.7. The monoisotopic (exact) mass is 216 g/mol. The van der Waals surface area contributed by atoms with Crippen molar-refractivity contribution in [1.29, 1.82) is 0 Å². The van der Waals surface area contributed by atoms with Gasteiger partial charge in [-0.2, -0.15) is 5.48 Å². The Morgan fingerprint density at radius 3 is 2.13 bits per heavy atom. The fourth-order valence-corrected chi connectivity index (χ4v) is 0.828. The molecule has 15 heavy (non-hydrogen) atoms. The minimum absolute atomic E-state index is 0.0499. The second kappa shape index (κ2) is 5.47. The quantitative estimate of drug-likeness (QED) is 0.686. The van der Waals surface area contributed by atoms with Crippen molar-refractivity contribution in [2.24, 2.45) is 0 Å². The summed E-state index contributed by atoms with van der Waals surface area (Å²) in [5.41, 5.74) is 2.23. The fourth-order valence-electron chi connectivity index (χ4n) is 0.828. The van der Waals surface area contributed by atoms with E-state index in [9.17, 15) is 4.79 Å². The molecule has 4 nitrogen and oxygen atoms in total. The lowest BCUT2D eigenvalue weighted by molar-refractivity contribution is -0.128. The minimum Gasteiger partial charge on any atom is -0.350 e. The maximum absolute atomic E-state index is 11.4. The highest BCUT2D eigenvalue weighted by atomic mass is 16.7. The fraction of sp³-hybridized carbons (Fsp3) is 0.909. The van der Waals surface area contributed by atoms with Crippen LogP contribution in [0.15, 0.2) is 0 Å². The molecular weight excluding hydrogens is 192 g/mol. The van der Waals surface area contributed by atoms with E-state index in [-0.39, 0.29) is 23.6 Å². The molecule has 0 aromatic heterocycles. The lowest BCUT2D eigenvalue weighted by Crippen LogP contribution is -2.47. The Morgan fingerprint density at radius 1 is 1.20 bits per heavy atom. The van der Waals surface area contributed by atoms with Crippen LogP contribution in [-0.2, 0) is 9.63 Å². The van der Waals surface area contributed by atoms with E-state index in [0.717, 1.165) is 6.42 Å². The lowest BCUT2D eigenvalue weighted by Gasteiger charge is -2.25. The van der Waals surface area contributed by atoms with Crippen LogP contribution in [0.2, 0.25) is 0 Å². The van der Waals surface area contributed by atoms with E-state index in [2.05, 4.69) is 10.8 Å². The lowest BCUT2D eigenvalue weighted by atomic mass is 10.0. The Hall–Kier alpha value is -0.610. The van der Waals surface area contributed by atoms with Gasteiger partial charge in [-0.15, -0.1) is 0 Å². The van der Waals surface area contributed by atoms with Gasteiger partial charge in [-0.25, -0.2) is 0 Å². The highest BCUT2D eigenvalue weighted by molar-refractivity contribution is 5.78. The third-order valence-electron chi connectivity index (χ3n) is 1.97. The number of hydrogen-bond acceptors (Lipinski definition) is 3. The molecule has 0 aliphatic carbocycles. The largest absolute Gasteiger partial charge is 0.350 e. The molecule has 2 N–H and O–H groups in total. The highest BCUT2D eigenvalue weighted by Crippen LogP contribution is 2.06. The molecule has 0 unspecified atom stereocenters. The molecule has 0 aliphatic rings. The summed E-state index contributed by atoms with van der Waals surface area (Å²) < 4.78 is 0. The summed E-state index contributed by atoms with van der Waals surface area (Å²) in [6, 6.07) is 0. The van der Waals surface area contributed by atoms with Gasteiger partial charge < -0.3 is 5.32 Å². The summed E-state index contributed by atoms with van der Waals surface area (Å²) >= 11 is 0. The van der Waals surface area contributed by atoms with Crippen molar-refractivity contribution in [3.63, 3.8) is 0 Å². The number of carbonyl (C=O) groups is 1. The first-order valence-electron chi connectivity index (χ1n) is 5.38. The topological polar surface area (TPSA) is 50.4 Å². The molecule has 4 heteroatoms. The zero-order chi connectivity index (χ0) is 12.1. The molecule has 0 atom stereocenters. The molecule has 90 valence electrons. The number of hydrogen-bond donors (Lipinski definition) is 2. The van der Waals surface area contributed by atoms with Crippen LogP contribution in [0.4, 0.5) is 0 Å². The number of nitrogens with one attached hydrogen (secondary N) is 2. The predicted molar refractivity (Wildman–Crippen MR) is 61.4 cm³/mol. The van der Waals surface area contributed by atoms with E-state index >= 15 is 0 Å². The van der Waals surface area contributed by atoms with E-state index in [1.165, 1.54) is 0 Å². The molecule has 1 amide bonds. The standard InChI is InChI=1S/C11H24N2O2/c1-7-11(5,6)13-9(14)8-12-15-10(2,3)4/h12H,7-8H2,1-6H3,(H,13,14). The highest BCUT2D eigenvalue weighted by Gasteiger charge is 2.18. The maximum atomic E-state index is 11.4. The van der Waals surface area contributed by atoms with E-state index in [0.29, 0.717) is 0 Å². The Labute approximate surface area is 92.7 Å². The van der Waals surface area contributed by atoms with Gasteiger partial charge in [-0.05, 0) is 41.0 Å². The van der Waals surface area contributed by atoms with Crippen LogP contribution in [0.5, 0.6) is 0 Å². The molecule has 0 fully saturated rings. The van der Waals surface area contributed by atoms with Crippen LogP contribution in [0, 0.1) is 0 Å². The Kier molecular flexibility index (Phi) is 5.24. The molecule has 0 saturated carbocycles. The van der Waals surface area contributed by atoms with Crippen molar-refractivity contribution in [2.45, 2.75) is 59.1 Å². The predicted octanol–water partition coefficient (Wildman–Crippen LogP) is 1.61. The van der Waals surface area contributed by atoms with Gasteiger partial charge in [0.1, 0.15) is 0 Å². The molecular formula is C11H24N2O2. The molecule has 0 aromatic carbocycles. The summed E-state index contributed by atoms with van der Waals surface area (Å²) in [6.45, 7) is 12.0. The first kappa shape index (κ1) is 14.4. The van der Waals surface area contributed by atoms with Gasteiger partial charge in [0, 0.05) is 5.54 Å². The van der Waals surface area contributed by atoms with Crippen molar-refractivity contribution in [3.8, 4) is 0 Å². The van der Waals surface area contributed by atoms with Crippen molar-refractivity contribution >= 4 is 5.91 Å². The maximum Gasteiger partial charge on any atom is 0.236 e. The van der Waals surface area contributed by atoms with Gasteiger partial charge in [-0.1, -0.05) is 6.92 Å². The van der Waals surface area contributed by atoms with Crippen LogP contribution in [0.3, 0.4) is 0 Å². The van der Waals surface area contributed by atoms with Crippen molar-refractivity contribution in [1.82, 2.24) is 10.8 Å². The first-order chi connectivity index (χ1) is 6.66. The minimum atomic E-state index is -0.277. The molecule has 0 bridgehead atoms. The van der Waals surface area contributed by atoms with Crippen LogP contribution in [0.1, 0.15) is 48.0 Å². The van der Waals surface area contributed by atoms with Crippen molar-refractivity contribution in [2.75, 3.05) is 6.54 Å². The number of rotatable bonds is 5. The Balaban J connectivity index is 3.77. The SMILES string of the molecule is CCC(C)(C)NC(=O)CNOC(C)(C)C. The molecule has 0 heterocycles. The van der Waals surface area contributed by atoms with Crippen LogP contribution < -0.4 is 10.8 Å². The average Bonchev–Trinajstić information content (AvgIpc) is 2.00. The first-order valence-corrected chi connectivity index (χ1v) is 5.38. The molecule has 0 spiro atoms. The summed E-state index contributed by atoms with van der Waals surface area (Å²) in [6.07, 6.45) is 0.902. The molecule has 0 aliphatic heterocycles. The Morgan fingerprint density at radius 2 is 1.73 bits per heavy atom. The van der Waals surface area contributed by atoms with Gasteiger partial charge in [0.25, 0.3) is 0 Å². The number of amides is 1. The van der Waals surface area contributed by atoms with Gasteiger partial charge in [0.05, 0.1) is 12.1 Å².